The van der Waals surface area contributed by atoms with E-state index in [-0.39, 0.29) is 16.6 Å². The molecule has 2 aromatic heterocycles. The molecule has 150 valence electrons. The Hall–Kier alpha value is -3.06. The number of pyridine rings is 1. The Balaban J connectivity index is 1.66. The van der Waals surface area contributed by atoms with E-state index in [2.05, 4.69) is 9.97 Å². The van der Waals surface area contributed by atoms with Gasteiger partial charge in [0.2, 0.25) is 5.88 Å². The van der Waals surface area contributed by atoms with Gasteiger partial charge in [0.15, 0.2) is 5.69 Å². The Labute approximate surface area is 172 Å². The summed E-state index contributed by atoms with van der Waals surface area (Å²) in [7, 11) is 1.35. The molecule has 0 spiro atoms. The lowest BCUT2D eigenvalue weighted by molar-refractivity contribution is 0.0600. The predicted octanol–water partition coefficient (Wildman–Crippen LogP) is 3.60. The number of ether oxygens (including phenoxy) is 2. The lowest BCUT2D eigenvalue weighted by Crippen LogP contribution is -2.36. The highest BCUT2D eigenvalue weighted by Gasteiger charge is 2.27. The molecule has 1 aromatic carbocycles. The minimum Gasteiger partial charge on any atom is -0.478 e. The number of amides is 1. The number of aromatic amines is 1. The first kappa shape index (κ1) is 19.3. The maximum atomic E-state index is 13.1. The van der Waals surface area contributed by atoms with Crippen LogP contribution in [0.25, 0.3) is 10.9 Å². The summed E-state index contributed by atoms with van der Waals surface area (Å²) >= 11 is 6.23. The zero-order chi connectivity index (χ0) is 20.5. The van der Waals surface area contributed by atoms with Crippen LogP contribution in [0.15, 0.2) is 30.3 Å². The fourth-order valence-corrected chi connectivity index (χ4v) is 3.77. The van der Waals surface area contributed by atoms with Gasteiger partial charge in [-0.3, -0.25) is 4.79 Å². The van der Waals surface area contributed by atoms with Crippen LogP contribution in [0.2, 0.25) is 5.02 Å². The van der Waals surface area contributed by atoms with Gasteiger partial charge in [0.25, 0.3) is 5.91 Å². The number of hydrogen-bond acceptors (Lipinski definition) is 5. The summed E-state index contributed by atoms with van der Waals surface area (Å²) in [6.45, 7) is 3.24. The number of hydrogen-bond donors (Lipinski definition) is 1. The molecule has 7 nitrogen and oxygen atoms in total. The molecule has 3 aromatic rings. The van der Waals surface area contributed by atoms with Crippen LogP contribution in [0.1, 0.15) is 39.0 Å². The molecule has 1 N–H and O–H groups in total. The number of nitrogens with zero attached hydrogens (tertiary/aromatic N) is 2. The van der Waals surface area contributed by atoms with Crippen LogP contribution < -0.4 is 4.74 Å². The van der Waals surface area contributed by atoms with Crippen molar-refractivity contribution in [3.05, 3.63) is 57.9 Å². The summed E-state index contributed by atoms with van der Waals surface area (Å²) in [5.41, 5.74) is 3.62. The molecule has 0 radical (unpaired) electrons. The monoisotopic (exact) mass is 413 g/mol. The summed E-state index contributed by atoms with van der Waals surface area (Å²) < 4.78 is 10.2. The number of aromatic nitrogens is 2. The first-order valence-electron chi connectivity index (χ1n) is 9.32. The van der Waals surface area contributed by atoms with Gasteiger partial charge in [-0.15, -0.1) is 0 Å². The molecule has 1 aliphatic rings. The standard InChI is InChI=1S/C21H20ClN3O4/c1-3-29-18-7-5-15(22)19(24-18)20(26)25-9-8-17-14(11-25)13-10-12(21(27)28-2)4-6-16(13)23-17/h4-7,10,23H,3,8-9,11H2,1-2H3. The largest absolute Gasteiger partial charge is 0.478 e. The number of nitrogens with one attached hydrogen (secondary N) is 1. The van der Waals surface area contributed by atoms with Crippen molar-refractivity contribution in [1.29, 1.82) is 0 Å². The smallest absolute Gasteiger partial charge is 0.337 e. The third kappa shape index (κ3) is 3.53. The second kappa shape index (κ2) is 7.75. The van der Waals surface area contributed by atoms with E-state index in [0.717, 1.165) is 22.2 Å². The molecule has 8 heteroatoms. The molecule has 0 saturated heterocycles. The van der Waals surface area contributed by atoms with Crippen molar-refractivity contribution in [2.24, 2.45) is 0 Å². The van der Waals surface area contributed by atoms with Crippen LogP contribution in [0.5, 0.6) is 5.88 Å². The van der Waals surface area contributed by atoms with Crippen LogP contribution >= 0.6 is 11.6 Å². The van der Waals surface area contributed by atoms with E-state index in [1.54, 1.807) is 29.2 Å². The highest BCUT2D eigenvalue weighted by molar-refractivity contribution is 6.33. The minimum atomic E-state index is -0.394. The Morgan fingerprint density at radius 2 is 2.10 bits per heavy atom. The first-order valence-corrected chi connectivity index (χ1v) is 9.70. The molecule has 29 heavy (non-hydrogen) atoms. The van der Waals surface area contributed by atoms with Crippen LogP contribution in [0, 0.1) is 0 Å². The molecule has 1 amide bonds. The van der Waals surface area contributed by atoms with Crippen LogP contribution in [0.4, 0.5) is 0 Å². The number of carbonyl (C=O) groups is 2. The summed E-state index contributed by atoms with van der Waals surface area (Å²) in [5, 5.41) is 1.19. The molecule has 0 unspecified atom stereocenters. The number of fused-ring (bicyclic) bond motifs is 3. The van der Waals surface area contributed by atoms with E-state index in [1.807, 2.05) is 13.0 Å². The zero-order valence-corrected chi connectivity index (χ0v) is 16.9. The Kier molecular flexibility index (Phi) is 5.15. The summed E-state index contributed by atoms with van der Waals surface area (Å²) in [4.78, 5) is 34.4. The Bertz CT molecular complexity index is 1110. The number of halogens is 1. The average molecular weight is 414 g/mol. The lowest BCUT2D eigenvalue weighted by atomic mass is 10.0. The predicted molar refractivity (Wildman–Crippen MR) is 108 cm³/mol. The summed E-state index contributed by atoms with van der Waals surface area (Å²) in [6.07, 6.45) is 0.673. The number of methoxy groups -OCH3 is 1. The maximum absolute atomic E-state index is 13.1. The molecule has 3 heterocycles. The number of esters is 1. The fourth-order valence-electron chi connectivity index (χ4n) is 3.58. The van der Waals surface area contributed by atoms with Gasteiger partial charge in [0.05, 0.1) is 24.3 Å². The molecule has 0 atom stereocenters. The van der Waals surface area contributed by atoms with Gasteiger partial charge < -0.3 is 19.4 Å². The van der Waals surface area contributed by atoms with Crippen molar-refractivity contribution in [1.82, 2.24) is 14.9 Å². The van der Waals surface area contributed by atoms with Gasteiger partial charge in [-0.1, -0.05) is 11.6 Å². The van der Waals surface area contributed by atoms with Gasteiger partial charge in [0.1, 0.15) is 0 Å². The van der Waals surface area contributed by atoms with Gasteiger partial charge >= 0.3 is 5.97 Å². The van der Waals surface area contributed by atoms with Crippen molar-refractivity contribution in [2.75, 3.05) is 20.3 Å². The molecule has 0 aliphatic carbocycles. The molecular weight excluding hydrogens is 394 g/mol. The van der Waals surface area contributed by atoms with Crippen LogP contribution in [0.3, 0.4) is 0 Å². The van der Waals surface area contributed by atoms with Crippen molar-refractivity contribution in [3.8, 4) is 5.88 Å². The van der Waals surface area contributed by atoms with E-state index < -0.39 is 5.97 Å². The second-order valence-corrected chi connectivity index (χ2v) is 7.13. The maximum Gasteiger partial charge on any atom is 0.337 e. The van der Waals surface area contributed by atoms with E-state index >= 15 is 0 Å². The number of rotatable bonds is 4. The molecular formula is C21H20ClN3O4. The Morgan fingerprint density at radius 1 is 1.28 bits per heavy atom. The molecule has 0 saturated carbocycles. The lowest BCUT2D eigenvalue weighted by Gasteiger charge is -2.27. The summed E-state index contributed by atoms with van der Waals surface area (Å²) in [5.74, 6) is -0.275. The number of H-pyrrole nitrogens is 1. The fraction of sp³-hybridized carbons (Fsp3) is 0.286. The van der Waals surface area contributed by atoms with E-state index in [0.29, 0.717) is 37.6 Å². The number of benzene rings is 1. The third-order valence-corrected chi connectivity index (χ3v) is 5.30. The molecule has 0 bridgehead atoms. The molecule has 4 rings (SSSR count). The first-order chi connectivity index (χ1) is 14.0. The van der Waals surface area contributed by atoms with Crippen LogP contribution in [-0.4, -0.2) is 47.0 Å². The van der Waals surface area contributed by atoms with Crippen molar-refractivity contribution < 1.29 is 19.1 Å². The van der Waals surface area contributed by atoms with Crippen LogP contribution in [-0.2, 0) is 17.7 Å². The Morgan fingerprint density at radius 3 is 2.86 bits per heavy atom. The normalized spacial score (nSPS) is 13.3. The van der Waals surface area contributed by atoms with E-state index in [4.69, 9.17) is 21.1 Å². The zero-order valence-electron chi connectivity index (χ0n) is 16.1. The quantitative estimate of drug-likeness (QED) is 0.660. The van der Waals surface area contributed by atoms with E-state index in [9.17, 15) is 9.59 Å². The molecule has 1 aliphatic heterocycles. The highest BCUT2D eigenvalue weighted by atomic mass is 35.5. The van der Waals surface area contributed by atoms with Crippen molar-refractivity contribution in [3.63, 3.8) is 0 Å². The third-order valence-electron chi connectivity index (χ3n) is 5.00. The highest BCUT2D eigenvalue weighted by Crippen LogP contribution is 2.30. The van der Waals surface area contributed by atoms with Crippen molar-refractivity contribution in [2.45, 2.75) is 19.9 Å². The minimum absolute atomic E-state index is 0.177. The van der Waals surface area contributed by atoms with Gasteiger partial charge in [-0.05, 0) is 31.2 Å². The topological polar surface area (TPSA) is 84.5 Å². The van der Waals surface area contributed by atoms with E-state index in [1.165, 1.54) is 7.11 Å². The SMILES string of the molecule is CCOc1ccc(Cl)c(C(=O)N2CCc3[nH]c4ccc(C(=O)OC)cc4c3C2)n1. The summed E-state index contributed by atoms with van der Waals surface area (Å²) in [6, 6.07) is 8.64. The van der Waals surface area contributed by atoms with Crippen molar-refractivity contribution >= 4 is 34.4 Å². The molecule has 0 fully saturated rings. The van der Waals surface area contributed by atoms with Gasteiger partial charge in [-0.25, -0.2) is 9.78 Å². The van der Waals surface area contributed by atoms with Gasteiger partial charge in [-0.2, -0.15) is 0 Å². The number of carbonyl (C=O) groups excluding carboxylic acids is 2. The van der Waals surface area contributed by atoms with Gasteiger partial charge in [0, 0.05) is 47.7 Å². The second-order valence-electron chi connectivity index (χ2n) is 6.72. The average Bonchev–Trinajstić information content (AvgIpc) is 3.11.